The van der Waals surface area contributed by atoms with E-state index >= 15 is 0 Å². The van der Waals surface area contributed by atoms with Crippen molar-refractivity contribution in [1.82, 2.24) is 15.0 Å². The van der Waals surface area contributed by atoms with Gasteiger partial charge in [0.25, 0.3) is 0 Å². The summed E-state index contributed by atoms with van der Waals surface area (Å²) in [7, 11) is 0.654. The molecule has 0 saturated carbocycles. The number of aromatic amines is 1. The third-order valence-electron chi connectivity index (χ3n) is 4.04. The summed E-state index contributed by atoms with van der Waals surface area (Å²) in [6, 6.07) is 16.9. The molecule has 2 aliphatic rings. The van der Waals surface area contributed by atoms with E-state index in [9.17, 15) is 0 Å². The molecule has 3 nitrogen and oxygen atoms in total. The molecule has 24 heavy (non-hydrogen) atoms. The van der Waals surface area contributed by atoms with E-state index in [0.29, 0.717) is 8.19 Å². The molecule has 0 fully saturated rings. The summed E-state index contributed by atoms with van der Waals surface area (Å²) in [6.45, 7) is 0. The smallest absolute Gasteiger partial charge is 0.0658 e. The zero-order chi connectivity index (χ0) is 15.9. The Bertz CT molecular complexity index is 987. The van der Waals surface area contributed by atoms with E-state index in [4.69, 9.17) is 0 Å². The second-order valence-corrected chi connectivity index (χ2v) is 7.31. The molecule has 8 bridgehead atoms. The van der Waals surface area contributed by atoms with E-state index in [1.54, 1.807) is 0 Å². The Hall–Kier alpha value is -2.90. The van der Waals surface area contributed by atoms with E-state index in [2.05, 4.69) is 87.8 Å². The van der Waals surface area contributed by atoms with Gasteiger partial charge in [0, 0.05) is 11.0 Å². The normalized spacial score (nSPS) is 12.7. The Morgan fingerprint density at radius 2 is 1.04 bits per heavy atom. The first kappa shape index (κ1) is 13.5. The molecule has 2 aliphatic heterocycles. The molecule has 0 aliphatic carbocycles. The largest absolute Gasteiger partial charge is 0.355 e. The first-order chi connectivity index (χ1) is 11.8. The summed E-state index contributed by atoms with van der Waals surface area (Å²) in [4.78, 5) is 12.7. The van der Waals surface area contributed by atoms with Gasteiger partial charge in [-0.25, -0.2) is 9.97 Å². The number of aromatic nitrogens is 3. The Labute approximate surface area is 140 Å². The lowest BCUT2D eigenvalue weighted by Crippen LogP contribution is -1.73. The molecule has 114 valence electrons. The van der Waals surface area contributed by atoms with Gasteiger partial charge in [0.15, 0.2) is 0 Å². The van der Waals surface area contributed by atoms with Gasteiger partial charge in [0.2, 0.25) is 0 Å². The second-order valence-electron chi connectivity index (χ2n) is 5.91. The van der Waals surface area contributed by atoms with Crippen LogP contribution in [0.4, 0.5) is 0 Å². The number of H-pyrrole nitrogens is 1. The molecule has 0 atom stereocenters. The van der Waals surface area contributed by atoms with E-state index < -0.39 is 0 Å². The van der Waals surface area contributed by atoms with Gasteiger partial charge in [0.05, 0.1) is 22.8 Å². The first-order valence-corrected chi connectivity index (χ1v) is 8.85. The van der Waals surface area contributed by atoms with Crippen LogP contribution in [0.3, 0.4) is 0 Å². The highest BCUT2D eigenvalue weighted by atomic mass is 31.0. The van der Waals surface area contributed by atoms with Crippen molar-refractivity contribution >= 4 is 53.8 Å². The van der Waals surface area contributed by atoms with Crippen molar-refractivity contribution in [3.05, 3.63) is 71.3 Å². The molecule has 3 aromatic heterocycles. The molecule has 3 aromatic rings. The predicted octanol–water partition coefficient (Wildman–Crippen LogP) is 5.36. The minimum absolute atomic E-state index is 0.654. The minimum Gasteiger partial charge on any atom is -0.355 e. The minimum atomic E-state index is 0.654. The molecular formula is C20H14N3P. The molecule has 0 radical (unpaired) electrons. The first-order valence-electron chi connectivity index (χ1n) is 7.85. The van der Waals surface area contributed by atoms with Gasteiger partial charge in [-0.05, 0) is 70.9 Å². The fourth-order valence-electron chi connectivity index (χ4n) is 2.94. The van der Waals surface area contributed by atoms with E-state index in [-0.39, 0.29) is 0 Å². The average molecular weight is 327 g/mol. The summed E-state index contributed by atoms with van der Waals surface area (Å²) < 4.78 is 0. The Morgan fingerprint density at radius 3 is 1.54 bits per heavy atom. The lowest BCUT2D eigenvalue weighted by atomic mass is 10.3. The quantitative estimate of drug-likeness (QED) is 0.416. The molecule has 4 heteroatoms. The summed E-state index contributed by atoms with van der Waals surface area (Å²) in [6.07, 6.45) is 8.24. The van der Waals surface area contributed by atoms with Crippen molar-refractivity contribution in [2.24, 2.45) is 0 Å². The lowest BCUT2D eigenvalue weighted by molar-refractivity contribution is 1.32. The van der Waals surface area contributed by atoms with Crippen molar-refractivity contribution in [2.45, 2.75) is 0 Å². The third-order valence-corrected chi connectivity index (χ3v) is 5.24. The molecule has 0 amide bonds. The van der Waals surface area contributed by atoms with Gasteiger partial charge in [-0.1, -0.05) is 12.1 Å². The number of rotatable bonds is 0. The SMILES string of the molecule is C1=Cc2cc3ccc(cc4nc(cc5ccc(cc1n2)[nH]5)C=C4)[pH]3. The number of nitrogens with one attached hydrogen (secondary N) is 1. The standard InChI is InChI=1S/C20H14N3P/c1-2-14-10-16-4-6-18(23-16)12-20-8-7-19(24-20)11-17-5-3-15(22-17)9-13(1)21-14/h1-12,21,24H. The van der Waals surface area contributed by atoms with E-state index in [0.717, 1.165) is 33.8 Å². The van der Waals surface area contributed by atoms with Crippen LogP contribution in [0, 0.1) is 0 Å². The highest BCUT2D eigenvalue weighted by molar-refractivity contribution is 7.42. The average Bonchev–Trinajstić information content (AvgIpc) is 3.32. The van der Waals surface area contributed by atoms with Crippen molar-refractivity contribution < 1.29 is 0 Å². The zero-order valence-corrected chi connectivity index (χ0v) is 13.8. The van der Waals surface area contributed by atoms with Crippen LogP contribution in [0.5, 0.6) is 0 Å². The van der Waals surface area contributed by atoms with Crippen LogP contribution in [0.25, 0.3) is 45.6 Å². The van der Waals surface area contributed by atoms with E-state index in [1.165, 1.54) is 10.2 Å². The lowest BCUT2D eigenvalue weighted by Gasteiger charge is -1.85. The maximum absolute atomic E-state index is 4.68. The molecule has 0 unspecified atom stereocenters. The van der Waals surface area contributed by atoms with Crippen molar-refractivity contribution in [3.8, 4) is 0 Å². The monoisotopic (exact) mass is 327 g/mol. The molecule has 5 rings (SSSR count). The predicted molar refractivity (Wildman–Crippen MR) is 104 cm³/mol. The molecular weight excluding hydrogens is 313 g/mol. The Kier molecular flexibility index (Phi) is 3.00. The van der Waals surface area contributed by atoms with Gasteiger partial charge in [-0.2, -0.15) is 0 Å². The maximum atomic E-state index is 4.68. The summed E-state index contributed by atoms with van der Waals surface area (Å²) in [5.41, 5.74) is 6.04. The molecule has 1 N–H and O–H groups in total. The number of fused-ring (bicyclic) bond motifs is 8. The van der Waals surface area contributed by atoms with Crippen molar-refractivity contribution in [2.75, 3.05) is 0 Å². The summed E-state index contributed by atoms with van der Waals surface area (Å²) >= 11 is 0. The fraction of sp³-hybridized carbons (Fsp3) is 0. The Morgan fingerprint density at radius 1 is 0.583 bits per heavy atom. The number of nitrogens with zero attached hydrogens (tertiary/aromatic N) is 2. The molecule has 5 heterocycles. The van der Waals surface area contributed by atoms with Gasteiger partial charge in [-0.15, -0.1) is 8.19 Å². The summed E-state index contributed by atoms with van der Waals surface area (Å²) in [5, 5.41) is 2.61. The van der Waals surface area contributed by atoms with Crippen LogP contribution in [0.15, 0.2) is 48.5 Å². The highest BCUT2D eigenvalue weighted by Gasteiger charge is 2.00. The highest BCUT2D eigenvalue weighted by Crippen LogP contribution is 2.26. The second kappa shape index (κ2) is 5.33. The van der Waals surface area contributed by atoms with Gasteiger partial charge >= 0.3 is 0 Å². The maximum Gasteiger partial charge on any atom is 0.0658 e. The van der Waals surface area contributed by atoms with Crippen LogP contribution in [0.2, 0.25) is 0 Å². The summed E-state index contributed by atoms with van der Waals surface area (Å²) in [5.74, 6) is 0. The third kappa shape index (κ3) is 2.60. The number of hydrogen-bond donors (Lipinski definition) is 1. The zero-order valence-electron chi connectivity index (χ0n) is 12.8. The fourth-order valence-corrected chi connectivity index (χ4v) is 4.05. The molecule has 0 saturated heterocycles. The van der Waals surface area contributed by atoms with Crippen molar-refractivity contribution in [3.63, 3.8) is 0 Å². The van der Waals surface area contributed by atoms with Crippen LogP contribution < -0.4 is 0 Å². The van der Waals surface area contributed by atoms with Crippen LogP contribution in [-0.4, -0.2) is 15.0 Å². The van der Waals surface area contributed by atoms with E-state index in [1.807, 2.05) is 0 Å². The number of hydrogen-bond acceptors (Lipinski definition) is 2. The van der Waals surface area contributed by atoms with Crippen LogP contribution in [-0.2, 0) is 0 Å². The molecule has 0 spiro atoms. The van der Waals surface area contributed by atoms with Gasteiger partial charge < -0.3 is 4.98 Å². The Balaban J connectivity index is 1.85. The topological polar surface area (TPSA) is 41.6 Å². The van der Waals surface area contributed by atoms with Gasteiger partial charge in [0.1, 0.15) is 0 Å². The van der Waals surface area contributed by atoms with Gasteiger partial charge in [-0.3, -0.25) is 0 Å². The molecule has 0 aromatic carbocycles. The van der Waals surface area contributed by atoms with Crippen molar-refractivity contribution in [1.29, 1.82) is 0 Å². The van der Waals surface area contributed by atoms with Crippen LogP contribution >= 0.6 is 8.19 Å². The van der Waals surface area contributed by atoms with Crippen LogP contribution in [0.1, 0.15) is 22.8 Å².